The molecule has 122 valence electrons. The molecule has 2 aromatic rings. The van der Waals surface area contributed by atoms with E-state index in [1.165, 1.54) is 6.07 Å². The number of carbonyl (C=O) groups is 1. The van der Waals surface area contributed by atoms with E-state index in [0.717, 1.165) is 5.56 Å². The lowest BCUT2D eigenvalue weighted by molar-refractivity contribution is 0.0690. The first-order chi connectivity index (χ1) is 11.1. The maximum atomic E-state index is 11.0. The van der Waals surface area contributed by atoms with Gasteiger partial charge in [0.05, 0.1) is 26.9 Å². The van der Waals surface area contributed by atoms with Crippen LogP contribution in [0.2, 0.25) is 0 Å². The number of nitrogens with zero attached hydrogens (tertiary/aromatic N) is 1. The summed E-state index contributed by atoms with van der Waals surface area (Å²) in [6.07, 6.45) is 0. The highest BCUT2D eigenvalue weighted by Crippen LogP contribution is 2.34. The van der Waals surface area contributed by atoms with Crippen LogP contribution >= 0.6 is 0 Å². The van der Waals surface area contributed by atoms with Crippen LogP contribution in [0.25, 0.3) is 0 Å². The second-order valence-corrected chi connectivity index (χ2v) is 4.58. The number of aromatic nitrogens is 1. The van der Waals surface area contributed by atoms with E-state index in [2.05, 4.69) is 10.3 Å². The normalized spacial score (nSPS) is 10.0. The van der Waals surface area contributed by atoms with Crippen molar-refractivity contribution in [3.8, 4) is 17.2 Å². The molecular formula is C16H18N2O5. The van der Waals surface area contributed by atoms with Crippen LogP contribution in [-0.4, -0.2) is 37.4 Å². The van der Waals surface area contributed by atoms with Crippen LogP contribution in [0.5, 0.6) is 17.2 Å². The third-order valence-corrected chi connectivity index (χ3v) is 3.23. The topological polar surface area (TPSA) is 89.9 Å². The van der Waals surface area contributed by atoms with Gasteiger partial charge in [-0.05, 0) is 12.1 Å². The monoisotopic (exact) mass is 318 g/mol. The van der Waals surface area contributed by atoms with Crippen LogP contribution in [0.4, 0.5) is 5.82 Å². The number of hydrogen-bond donors (Lipinski definition) is 2. The molecule has 0 amide bonds. The number of methoxy groups -OCH3 is 3. The van der Waals surface area contributed by atoms with Crippen LogP contribution in [0.15, 0.2) is 30.3 Å². The smallest absolute Gasteiger partial charge is 0.354 e. The first-order valence-electron chi connectivity index (χ1n) is 6.82. The van der Waals surface area contributed by atoms with E-state index in [9.17, 15) is 4.79 Å². The Balaban J connectivity index is 2.26. The molecule has 23 heavy (non-hydrogen) atoms. The van der Waals surface area contributed by atoms with Crippen molar-refractivity contribution in [2.75, 3.05) is 26.6 Å². The molecule has 2 rings (SSSR count). The highest BCUT2D eigenvalue weighted by molar-refractivity contribution is 5.85. The minimum atomic E-state index is -1.08. The van der Waals surface area contributed by atoms with Gasteiger partial charge >= 0.3 is 5.97 Å². The molecule has 0 fully saturated rings. The summed E-state index contributed by atoms with van der Waals surface area (Å²) < 4.78 is 15.9. The molecule has 0 bridgehead atoms. The third-order valence-electron chi connectivity index (χ3n) is 3.23. The van der Waals surface area contributed by atoms with Crippen molar-refractivity contribution >= 4 is 11.8 Å². The summed E-state index contributed by atoms with van der Waals surface area (Å²) in [4.78, 5) is 15.0. The lowest BCUT2D eigenvalue weighted by Gasteiger charge is -2.16. The van der Waals surface area contributed by atoms with Gasteiger partial charge in [-0.1, -0.05) is 6.07 Å². The average Bonchev–Trinajstić information content (AvgIpc) is 2.59. The quantitative estimate of drug-likeness (QED) is 0.810. The Morgan fingerprint density at radius 2 is 1.78 bits per heavy atom. The number of anilines is 1. The number of pyridine rings is 1. The lowest BCUT2D eigenvalue weighted by atomic mass is 10.1. The molecule has 0 unspecified atom stereocenters. The predicted octanol–water partition coefficient (Wildman–Crippen LogP) is 2.42. The zero-order valence-electron chi connectivity index (χ0n) is 13.1. The Morgan fingerprint density at radius 1 is 1.13 bits per heavy atom. The summed E-state index contributed by atoms with van der Waals surface area (Å²) in [6, 6.07) is 8.25. The van der Waals surface area contributed by atoms with Crippen LogP contribution in [0.3, 0.4) is 0 Å². The minimum Gasteiger partial charge on any atom is -0.496 e. The molecule has 0 saturated heterocycles. The lowest BCUT2D eigenvalue weighted by Crippen LogP contribution is -2.08. The van der Waals surface area contributed by atoms with Gasteiger partial charge in [0.2, 0.25) is 0 Å². The minimum absolute atomic E-state index is 0.0244. The molecule has 0 aliphatic carbocycles. The number of hydrogen-bond acceptors (Lipinski definition) is 6. The van der Waals surface area contributed by atoms with Crippen molar-refractivity contribution < 1.29 is 24.1 Å². The van der Waals surface area contributed by atoms with Crippen molar-refractivity contribution in [1.82, 2.24) is 4.98 Å². The summed E-state index contributed by atoms with van der Waals surface area (Å²) in [5, 5.41) is 12.0. The van der Waals surface area contributed by atoms with E-state index in [1.54, 1.807) is 45.6 Å². The van der Waals surface area contributed by atoms with Gasteiger partial charge in [-0.15, -0.1) is 0 Å². The zero-order chi connectivity index (χ0) is 16.8. The average molecular weight is 318 g/mol. The number of carboxylic acids is 1. The first-order valence-corrected chi connectivity index (χ1v) is 6.82. The number of nitrogens with one attached hydrogen (secondary N) is 1. The fourth-order valence-corrected chi connectivity index (χ4v) is 2.08. The largest absolute Gasteiger partial charge is 0.496 e. The van der Waals surface area contributed by atoms with Gasteiger partial charge in [0, 0.05) is 18.7 Å². The molecule has 1 aromatic heterocycles. The van der Waals surface area contributed by atoms with E-state index < -0.39 is 5.97 Å². The summed E-state index contributed by atoms with van der Waals surface area (Å²) in [7, 11) is 4.68. The second kappa shape index (κ2) is 7.35. The van der Waals surface area contributed by atoms with Crippen molar-refractivity contribution in [2.45, 2.75) is 6.54 Å². The van der Waals surface area contributed by atoms with E-state index in [0.29, 0.717) is 29.6 Å². The molecule has 0 aliphatic rings. The third kappa shape index (κ3) is 3.82. The standard InChI is InChI=1S/C16H18N2O5/c1-21-10-7-13(22-2)11(14(8-10)23-3)9-17-15-6-4-5-12(18-15)16(19)20/h4-8H,9H2,1-3H3,(H,17,18)(H,19,20). The molecule has 0 radical (unpaired) electrons. The van der Waals surface area contributed by atoms with Gasteiger partial charge in [0.25, 0.3) is 0 Å². The predicted molar refractivity (Wildman–Crippen MR) is 84.6 cm³/mol. The van der Waals surface area contributed by atoms with Crippen molar-refractivity contribution in [1.29, 1.82) is 0 Å². The summed E-state index contributed by atoms with van der Waals surface area (Å²) in [5.41, 5.74) is 0.752. The highest BCUT2D eigenvalue weighted by Gasteiger charge is 2.13. The van der Waals surface area contributed by atoms with E-state index in [1.807, 2.05) is 0 Å². The van der Waals surface area contributed by atoms with Crippen LogP contribution in [0.1, 0.15) is 16.1 Å². The van der Waals surface area contributed by atoms with Gasteiger partial charge in [0.1, 0.15) is 23.1 Å². The number of benzene rings is 1. The van der Waals surface area contributed by atoms with Crippen molar-refractivity contribution in [3.05, 3.63) is 41.6 Å². The maximum Gasteiger partial charge on any atom is 0.354 e. The molecule has 1 aromatic carbocycles. The van der Waals surface area contributed by atoms with Gasteiger partial charge in [-0.3, -0.25) is 0 Å². The summed E-state index contributed by atoms with van der Waals surface area (Å²) in [6.45, 7) is 0.354. The molecule has 7 heteroatoms. The Hall–Kier alpha value is -2.96. The SMILES string of the molecule is COc1cc(OC)c(CNc2cccc(C(=O)O)n2)c(OC)c1. The number of ether oxygens (including phenoxy) is 3. The Morgan fingerprint density at radius 3 is 2.30 bits per heavy atom. The van der Waals surface area contributed by atoms with Crippen LogP contribution in [-0.2, 0) is 6.54 Å². The highest BCUT2D eigenvalue weighted by atomic mass is 16.5. The molecule has 0 spiro atoms. The fraction of sp³-hybridized carbons (Fsp3) is 0.250. The number of carboxylic acid groups (broad SMARTS) is 1. The Labute approximate surface area is 133 Å². The van der Waals surface area contributed by atoms with E-state index in [4.69, 9.17) is 19.3 Å². The molecule has 0 atom stereocenters. The van der Waals surface area contributed by atoms with Gasteiger partial charge in [-0.25, -0.2) is 9.78 Å². The molecular weight excluding hydrogens is 300 g/mol. The zero-order valence-corrected chi connectivity index (χ0v) is 13.1. The Kier molecular flexibility index (Phi) is 5.24. The van der Waals surface area contributed by atoms with Crippen LogP contribution < -0.4 is 19.5 Å². The molecule has 0 aliphatic heterocycles. The van der Waals surface area contributed by atoms with Crippen molar-refractivity contribution in [2.24, 2.45) is 0 Å². The van der Waals surface area contributed by atoms with Gasteiger partial charge in [-0.2, -0.15) is 0 Å². The molecule has 2 N–H and O–H groups in total. The summed E-state index contributed by atoms with van der Waals surface area (Å²) >= 11 is 0. The second-order valence-electron chi connectivity index (χ2n) is 4.58. The van der Waals surface area contributed by atoms with Crippen molar-refractivity contribution in [3.63, 3.8) is 0 Å². The van der Waals surface area contributed by atoms with E-state index in [-0.39, 0.29) is 5.69 Å². The van der Waals surface area contributed by atoms with E-state index >= 15 is 0 Å². The maximum absolute atomic E-state index is 11.0. The fourth-order valence-electron chi connectivity index (χ4n) is 2.08. The summed E-state index contributed by atoms with van der Waals surface area (Å²) in [5.74, 6) is 1.19. The number of rotatable bonds is 7. The number of aromatic carboxylic acids is 1. The molecule has 7 nitrogen and oxygen atoms in total. The van der Waals surface area contributed by atoms with Gasteiger partial charge in [0.15, 0.2) is 5.69 Å². The van der Waals surface area contributed by atoms with Crippen LogP contribution in [0, 0.1) is 0 Å². The molecule has 1 heterocycles. The Bertz CT molecular complexity index is 678. The first kappa shape index (κ1) is 16.4. The van der Waals surface area contributed by atoms with Gasteiger partial charge < -0.3 is 24.6 Å². The molecule has 0 saturated carbocycles.